The van der Waals surface area contributed by atoms with Crippen molar-refractivity contribution in [3.63, 3.8) is 0 Å². The van der Waals surface area contributed by atoms with Gasteiger partial charge in [0.2, 0.25) is 0 Å². The SMILES string of the molecule is Nc1nccc2ccc(Cc3ccccc3)nc12. The van der Waals surface area contributed by atoms with E-state index in [1.807, 2.05) is 36.4 Å². The van der Waals surface area contributed by atoms with E-state index in [-0.39, 0.29) is 0 Å². The molecule has 0 aliphatic rings. The van der Waals surface area contributed by atoms with Gasteiger partial charge in [0.1, 0.15) is 11.3 Å². The summed E-state index contributed by atoms with van der Waals surface area (Å²) in [5, 5.41) is 1.03. The first-order valence-electron chi connectivity index (χ1n) is 5.87. The molecule has 2 aromatic heterocycles. The van der Waals surface area contributed by atoms with Crippen molar-refractivity contribution < 1.29 is 0 Å². The summed E-state index contributed by atoms with van der Waals surface area (Å²) in [5.41, 5.74) is 8.88. The maximum Gasteiger partial charge on any atom is 0.149 e. The molecule has 3 rings (SSSR count). The molecular formula is C15H13N3. The van der Waals surface area contributed by atoms with E-state index in [9.17, 15) is 0 Å². The minimum atomic E-state index is 0.488. The smallest absolute Gasteiger partial charge is 0.149 e. The van der Waals surface area contributed by atoms with Gasteiger partial charge in [-0.25, -0.2) is 9.97 Å². The highest BCUT2D eigenvalue weighted by Crippen LogP contribution is 2.18. The summed E-state index contributed by atoms with van der Waals surface area (Å²) in [5.74, 6) is 0.488. The summed E-state index contributed by atoms with van der Waals surface area (Å²) < 4.78 is 0. The van der Waals surface area contributed by atoms with Crippen molar-refractivity contribution in [3.05, 3.63) is 66.0 Å². The lowest BCUT2D eigenvalue weighted by molar-refractivity contribution is 1.10. The molecule has 88 valence electrons. The molecule has 3 heteroatoms. The molecule has 0 saturated heterocycles. The van der Waals surface area contributed by atoms with Crippen molar-refractivity contribution in [2.45, 2.75) is 6.42 Å². The van der Waals surface area contributed by atoms with Crippen molar-refractivity contribution in [3.8, 4) is 0 Å². The van der Waals surface area contributed by atoms with E-state index in [2.05, 4.69) is 22.1 Å². The van der Waals surface area contributed by atoms with Crippen LogP contribution < -0.4 is 5.73 Å². The number of benzene rings is 1. The average Bonchev–Trinajstić information content (AvgIpc) is 2.41. The Kier molecular flexibility index (Phi) is 2.65. The van der Waals surface area contributed by atoms with Crippen LogP contribution in [0.3, 0.4) is 0 Å². The van der Waals surface area contributed by atoms with Gasteiger partial charge in [0.25, 0.3) is 0 Å². The number of nitrogens with zero attached hydrogens (tertiary/aromatic N) is 2. The van der Waals surface area contributed by atoms with Gasteiger partial charge in [0, 0.05) is 23.7 Å². The van der Waals surface area contributed by atoms with Crippen LogP contribution in [0.5, 0.6) is 0 Å². The van der Waals surface area contributed by atoms with Gasteiger partial charge in [-0.3, -0.25) is 0 Å². The zero-order valence-corrected chi connectivity index (χ0v) is 9.88. The van der Waals surface area contributed by atoms with E-state index in [4.69, 9.17) is 5.73 Å². The zero-order chi connectivity index (χ0) is 12.4. The number of rotatable bonds is 2. The molecule has 0 amide bonds. The van der Waals surface area contributed by atoms with Crippen LogP contribution in [0, 0.1) is 0 Å². The highest BCUT2D eigenvalue weighted by molar-refractivity contribution is 5.86. The predicted molar refractivity (Wildman–Crippen MR) is 73.2 cm³/mol. The van der Waals surface area contributed by atoms with Gasteiger partial charge in [0.05, 0.1) is 0 Å². The van der Waals surface area contributed by atoms with Gasteiger partial charge in [-0.1, -0.05) is 36.4 Å². The fraction of sp³-hybridized carbons (Fsp3) is 0.0667. The number of hydrogen-bond donors (Lipinski definition) is 1. The van der Waals surface area contributed by atoms with E-state index in [1.54, 1.807) is 6.20 Å². The van der Waals surface area contributed by atoms with E-state index in [0.29, 0.717) is 5.82 Å². The lowest BCUT2D eigenvalue weighted by Crippen LogP contribution is -1.97. The zero-order valence-electron chi connectivity index (χ0n) is 9.88. The molecule has 0 saturated carbocycles. The first kappa shape index (κ1) is 10.7. The van der Waals surface area contributed by atoms with Gasteiger partial charge in [-0.2, -0.15) is 0 Å². The number of pyridine rings is 2. The Morgan fingerprint density at radius 3 is 2.61 bits per heavy atom. The fourth-order valence-corrected chi connectivity index (χ4v) is 2.01. The number of aromatic nitrogens is 2. The van der Waals surface area contributed by atoms with Crippen LogP contribution in [-0.4, -0.2) is 9.97 Å². The van der Waals surface area contributed by atoms with Crippen LogP contribution in [0.4, 0.5) is 5.82 Å². The number of nitrogen functional groups attached to an aromatic ring is 1. The summed E-state index contributed by atoms with van der Waals surface area (Å²) >= 11 is 0. The third kappa shape index (κ3) is 2.02. The summed E-state index contributed by atoms with van der Waals surface area (Å²) in [7, 11) is 0. The van der Waals surface area contributed by atoms with Crippen molar-refractivity contribution >= 4 is 16.7 Å². The summed E-state index contributed by atoms with van der Waals surface area (Å²) in [4.78, 5) is 8.65. The second-order valence-electron chi connectivity index (χ2n) is 4.23. The lowest BCUT2D eigenvalue weighted by atomic mass is 10.1. The molecule has 0 radical (unpaired) electrons. The normalized spacial score (nSPS) is 10.7. The Bertz CT molecular complexity index is 678. The van der Waals surface area contributed by atoms with Crippen LogP contribution in [0.1, 0.15) is 11.3 Å². The first-order valence-corrected chi connectivity index (χ1v) is 5.87. The average molecular weight is 235 g/mol. The van der Waals surface area contributed by atoms with Crippen LogP contribution >= 0.6 is 0 Å². The van der Waals surface area contributed by atoms with Crippen molar-refractivity contribution in [1.29, 1.82) is 0 Å². The molecule has 1 aromatic carbocycles. The Balaban J connectivity index is 2.01. The molecule has 3 aromatic rings. The van der Waals surface area contributed by atoms with Gasteiger partial charge >= 0.3 is 0 Å². The first-order chi connectivity index (χ1) is 8.83. The van der Waals surface area contributed by atoms with E-state index in [0.717, 1.165) is 23.0 Å². The quantitative estimate of drug-likeness (QED) is 0.743. The van der Waals surface area contributed by atoms with Gasteiger partial charge < -0.3 is 5.73 Å². The summed E-state index contributed by atoms with van der Waals surface area (Å²) in [6.07, 6.45) is 2.52. The van der Waals surface area contributed by atoms with Crippen molar-refractivity contribution in [2.75, 3.05) is 5.73 Å². The molecule has 0 aliphatic carbocycles. The molecule has 0 aliphatic heterocycles. The van der Waals surface area contributed by atoms with Crippen LogP contribution in [0.25, 0.3) is 10.9 Å². The topological polar surface area (TPSA) is 51.8 Å². The van der Waals surface area contributed by atoms with Crippen LogP contribution in [0.15, 0.2) is 54.7 Å². The minimum Gasteiger partial charge on any atom is -0.382 e. The van der Waals surface area contributed by atoms with Crippen LogP contribution in [-0.2, 0) is 6.42 Å². The molecule has 2 heterocycles. The monoisotopic (exact) mass is 235 g/mol. The molecule has 18 heavy (non-hydrogen) atoms. The maximum atomic E-state index is 5.84. The van der Waals surface area contributed by atoms with Crippen molar-refractivity contribution in [2.24, 2.45) is 0 Å². The standard InChI is InChI=1S/C15H13N3/c16-15-14-12(8-9-17-15)6-7-13(18-14)10-11-4-2-1-3-5-11/h1-9H,10H2,(H2,16,17). The fourth-order valence-electron chi connectivity index (χ4n) is 2.01. The number of anilines is 1. The highest BCUT2D eigenvalue weighted by atomic mass is 14.9. The third-order valence-electron chi connectivity index (χ3n) is 2.92. The largest absolute Gasteiger partial charge is 0.382 e. The van der Waals surface area contributed by atoms with E-state index < -0.39 is 0 Å². The molecular weight excluding hydrogens is 222 g/mol. The van der Waals surface area contributed by atoms with E-state index >= 15 is 0 Å². The third-order valence-corrected chi connectivity index (χ3v) is 2.92. The highest BCUT2D eigenvalue weighted by Gasteiger charge is 2.03. The Hall–Kier alpha value is -2.42. The summed E-state index contributed by atoms with van der Waals surface area (Å²) in [6, 6.07) is 16.3. The molecule has 0 spiro atoms. The summed E-state index contributed by atoms with van der Waals surface area (Å²) in [6.45, 7) is 0. The predicted octanol–water partition coefficient (Wildman–Crippen LogP) is 2.80. The minimum absolute atomic E-state index is 0.488. The number of hydrogen-bond acceptors (Lipinski definition) is 3. The van der Waals surface area contributed by atoms with Gasteiger partial charge in [0.15, 0.2) is 0 Å². The second-order valence-corrected chi connectivity index (χ2v) is 4.23. The maximum absolute atomic E-state index is 5.84. The lowest BCUT2D eigenvalue weighted by Gasteiger charge is -2.04. The molecule has 0 fully saturated rings. The van der Waals surface area contributed by atoms with Crippen molar-refractivity contribution in [1.82, 2.24) is 9.97 Å². The molecule has 3 nitrogen and oxygen atoms in total. The van der Waals surface area contributed by atoms with Gasteiger partial charge in [-0.15, -0.1) is 0 Å². The van der Waals surface area contributed by atoms with Crippen LogP contribution in [0.2, 0.25) is 0 Å². The molecule has 0 unspecified atom stereocenters. The number of nitrogens with two attached hydrogens (primary N) is 1. The molecule has 2 N–H and O–H groups in total. The Morgan fingerprint density at radius 2 is 1.78 bits per heavy atom. The Labute approximate surface area is 105 Å². The Morgan fingerprint density at radius 1 is 0.944 bits per heavy atom. The second kappa shape index (κ2) is 4.45. The molecule has 0 atom stereocenters. The molecule has 0 bridgehead atoms. The van der Waals surface area contributed by atoms with Gasteiger partial charge in [-0.05, 0) is 17.7 Å². The van der Waals surface area contributed by atoms with E-state index in [1.165, 1.54) is 5.56 Å². The number of fused-ring (bicyclic) bond motifs is 1.